The predicted molar refractivity (Wildman–Crippen MR) is 58.4 cm³/mol. The van der Waals surface area contributed by atoms with Crippen molar-refractivity contribution >= 4 is 23.6 Å². The van der Waals surface area contributed by atoms with Crippen molar-refractivity contribution in [2.45, 2.75) is 18.3 Å². The molecule has 3 N–H and O–H groups in total. The molecule has 0 spiro atoms. The summed E-state index contributed by atoms with van der Waals surface area (Å²) in [5, 5.41) is 27.7. The number of carbonyl (C=O) groups is 2. The number of aliphatic hydroxyl groups excluding tert-OH is 1. The van der Waals surface area contributed by atoms with E-state index in [2.05, 4.69) is 15.5 Å². The number of hydrogen-bond donors (Lipinski definition) is 3. The molecule has 0 fully saturated rings. The second-order valence-corrected chi connectivity index (χ2v) is 3.94. The molecule has 0 aliphatic carbocycles. The smallest absolute Gasteiger partial charge is 0.313 e. The van der Waals surface area contributed by atoms with Crippen molar-refractivity contribution in [3.05, 3.63) is 5.82 Å². The first-order valence-electron chi connectivity index (χ1n) is 4.66. The molecule has 1 aromatic rings. The molecule has 0 bridgehead atoms. The maximum absolute atomic E-state index is 11.2. The third kappa shape index (κ3) is 3.71. The lowest BCUT2D eigenvalue weighted by Gasteiger charge is -2.06. The van der Waals surface area contributed by atoms with Gasteiger partial charge in [0.25, 0.3) is 0 Å². The van der Waals surface area contributed by atoms with Gasteiger partial charge in [-0.1, -0.05) is 11.8 Å². The number of carboxylic acids is 1. The number of aliphatic hydroxyl groups is 1. The molecule has 0 atom stereocenters. The monoisotopic (exact) mass is 260 g/mol. The van der Waals surface area contributed by atoms with Crippen LogP contribution in [0.5, 0.6) is 0 Å². The van der Waals surface area contributed by atoms with Crippen molar-refractivity contribution in [1.82, 2.24) is 20.1 Å². The molecule has 0 aliphatic rings. The van der Waals surface area contributed by atoms with Gasteiger partial charge in [-0.25, -0.2) is 0 Å². The van der Waals surface area contributed by atoms with Crippen LogP contribution in [0.2, 0.25) is 0 Å². The Labute approximate surface area is 101 Å². The van der Waals surface area contributed by atoms with Crippen molar-refractivity contribution in [3.63, 3.8) is 0 Å². The number of carbonyl (C=O) groups excluding carboxylic acids is 1. The molecule has 9 heteroatoms. The van der Waals surface area contributed by atoms with Crippen LogP contribution in [0.25, 0.3) is 0 Å². The Morgan fingerprint density at radius 2 is 2.18 bits per heavy atom. The molecule has 8 nitrogen and oxygen atoms in total. The Morgan fingerprint density at radius 1 is 1.47 bits per heavy atom. The van der Waals surface area contributed by atoms with Crippen molar-refractivity contribution in [1.29, 1.82) is 0 Å². The van der Waals surface area contributed by atoms with Crippen molar-refractivity contribution in [2.75, 3.05) is 12.8 Å². The second-order valence-electron chi connectivity index (χ2n) is 3.00. The summed E-state index contributed by atoms with van der Waals surface area (Å²) in [6.07, 6.45) is 0. The fraction of sp³-hybridized carbons (Fsp3) is 0.500. The Bertz CT molecular complexity index is 420. The molecule has 1 rings (SSSR count). The van der Waals surface area contributed by atoms with Crippen LogP contribution < -0.4 is 5.32 Å². The van der Waals surface area contributed by atoms with E-state index in [1.54, 1.807) is 0 Å². The normalized spacial score (nSPS) is 10.2. The predicted octanol–water partition coefficient (Wildman–Crippen LogP) is -1.31. The maximum Gasteiger partial charge on any atom is 0.313 e. The quantitative estimate of drug-likeness (QED) is 0.544. The van der Waals surface area contributed by atoms with Gasteiger partial charge in [0.1, 0.15) is 13.2 Å². The number of thioether (sulfide) groups is 1. The average Bonchev–Trinajstić information content (AvgIpc) is 2.68. The van der Waals surface area contributed by atoms with E-state index in [-0.39, 0.29) is 30.6 Å². The van der Waals surface area contributed by atoms with Gasteiger partial charge in [-0.2, -0.15) is 0 Å². The van der Waals surface area contributed by atoms with Gasteiger partial charge in [0.15, 0.2) is 11.0 Å². The molecule has 1 aromatic heterocycles. The molecule has 0 saturated carbocycles. The molecule has 1 amide bonds. The first kappa shape index (κ1) is 13.5. The van der Waals surface area contributed by atoms with Gasteiger partial charge >= 0.3 is 5.97 Å². The van der Waals surface area contributed by atoms with E-state index in [0.29, 0.717) is 5.16 Å². The van der Waals surface area contributed by atoms with Gasteiger partial charge in [0.2, 0.25) is 5.91 Å². The topological polar surface area (TPSA) is 117 Å². The van der Waals surface area contributed by atoms with Gasteiger partial charge in [-0.05, 0) is 0 Å². The standard InChI is InChI=1S/C8H12N4O4S/c1-9-6(14)2-12-5(3-13)10-11-8(12)17-4-7(15)16/h13H,2-4H2,1H3,(H,9,14)(H,15,16). The summed E-state index contributed by atoms with van der Waals surface area (Å²) in [5.41, 5.74) is 0. The number of aliphatic carboxylic acids is 1. The lowest BCUT2D eigenvalue weighted by atomic mass is 10.5. The molecule has 1 heterocycles. The Balaban J connectivity index is 2.85. The van der Waals surface area contributed by atoms with E-state index < -0.39 is 5.97 Å². The van der Waals surface area contributed by atoms with Gasteiger partial charge in [-0.15, -0.1) is 10.2 Å². The van der Waals surface area contributed by atoms with Crippen LogP contribution in [0.3, 0.4) is 0 Å². The summed E-state index contributed by atoms with van der Waals surface area (Å²) < 4.78 is 1.38. The first-order chi connectivity index (χ1) is 8.08. The van der Waals surface area contributed by atoms with Gasteiger partial charge in [0.05, 0.1) is 5.75 Å². The van der Waals surface area contributed by atoms with Crippen molar-refractivity contribution in [2.24, 2.45) is 0 Å². The largest absolute Gasteiger partial charge is 0.481 e. The van der Waals surface area contributed by atoms with Crippen LogP contribution >= 0.6 is 11.8 Å². The van der Waals surface area contributed by atoms with Crippen LogP contribution in [-0.4, -0.2) is 49.7 Å². The van der Waals surface area contributed by atoms with Gasteiger partial charge in [0, 0.05) is 7.05 Å². The zero-order chi connectivity index (χ0) is 12.8. The number of amides is 1. The summed E-state index contributed by atoms with van der Waals surface area (Å²) in [4.78, 5) is 21.7. The number of nitrogens with zero attached hydrogens (tertiary/aromatic N) is 3. The molecule has 17 heavy (non-hydrogen) atoms. The van der Waals surface area contributed by atoms with Crippen LogP contribution in [0, 0.1) is 0 Å². The Hall–Kier alpha value is -1.61. The van der Waals surface area contributed by atoms with Crippen molar-refractivity contribution in [3.8, 4) is 0 Å². The molecular formula is C8H12N4O4S. The fourth-order valence-electron chi connectivity index (χ4n) is 1.05. The minimum atomic E-state index is -0.991. The second kappa shape index (κ2) is 6.21. The zero-order valence-corrected chi connectivity index (χ0v) is 9.90. The molecule has 0 unspecified atom stereocenters. The number of rotatable bonds is 6. The Kier molecular flexibility index (Phi) is 4.91. The molecule has 0 aliphatic heterocycles. The average molecular weight is 260 g/mol. The molecule has 94 valence electrons. The van der Waals surface area contributed by atoms with Gasteiger partial charge in [-0.3, -0.25) is 14.2 Å². The highest BCUT2D eigenvalue weighted by Crippen LogP contribution is 2.16. The first-order valence-corrected chi connectivity index (χ1v) is 5.65. The van der Waals surface area contributed by atoms with E-state index in [0.717, 1.165) is 11.8 Å². The summed E-state index contributed by atoms with van der Waals surface area (Å²) in [6.45, 7) is -0.418. The number of carboxylic acid groups (broad SMARTS) is 1. The third-order valence-corrected chi connectivity index (χ3v) is 2.79. The highest BCUT2D eigenvalue weighted by atomic mass is 32.2. The van der Waals surface area contributed by atoms with Crippen LogP contribution in [0.1, 0.15) is 5.82 Å². The number of aromatic nitrogens is 3. The van der Waals surface area contributed by atoms with E-state index in [1.165, 1.54) is 11.6 Å². The highest BCUT2D eigenvalue weighted by Gasteiger charge is 2.15. The van der Waals surface area contributed by atoms with Crippen LogP contribution in [0.15, 0.2) is 5.16 Å². The number of hydrogen-bond acceptors (Lipinski definition) is 6. The molecule has 0 aromatic carbocycles. The summed E-state index contributed by atoms with van der Waals surface area (Å²) in [7, 11) is 1.48. The lowest BCUT2D eigenvalue weighted by molar-refractivity contribution is -0.133. The molecule has 0 saturated heterocycles. The van der Waals surface area contributed by atoms with Crippen LogP contribution in [-0.2, 0) is 22.7 Å². The molecule has 0 radical (unpaired) electrons. The fourth-order valence-corrected chi connectivity index (χ4v) is 1.73. The summed E-state index contributed by atoms with van der Waals surface area (Å²) in [5.74, 6) is -1.23. The minimum Gasteiger partial charge on any atom is -0.481 e. The third-order valence-electron chi connectivity index (χ3n) is 1.84. The minimum absolute atomic E-state index is 0.0542. The SMILES string of the molecule is CNC(=O)Cn1c(CO)nnc1SCC(=O)O. The van der Waals surface area contributed by atoms with Crippen LogP contribution in [0.4, 0.5) is 0 Å². The summed E-state index contributed by atoms with van der Waals surface area (Å²) in [6, 6.07) is 0. The van der Waals surface area contributed by atoms with Crippen molar-refractivity contribution < 1.29 is 19.8 Å². The van der Waals surface area contributed by atoms with E-state index in [1.807, 2.05) is 0 Å². The zero-order valence-electron chi connectivity index (χ0n) is 9.08. The summed E-state index contributed by atoms with van der Waals surface area (Å²) >= 11 is 0.943. The Morgan fingerprint density at radius 3 is 2.71 bits per heavy atom. The van der Waals surface area contributed by atoms with Gasteiger partial charge < -0.3 is 15.5 Å². The number of likely N-dealkylation sites (N-methyl/N-ethyl adjacent to an activating group) is 1. The van der Waals surface area contributed by atoms with E-state index in [4.69, 9.17) is 10.2 Å². The maximum atomic E-state index is 11.2. The molecular weight excluding hydrogens is 248 g/mol. The van der Waals surface area contributed by atoms with E-state index >= 15 is 0 Å². The van der Waals surface area contributed by atoms with E-state index in [9.17, 15) is 9.59 Å². The lowest BCUT2D eigenvalue weighted by Crippen LogP contribution is -2.25. The highest BCUT2D eigenvalue weighted by molar-refractivity contribution is 7.99. The number of nitrogens with one attached hydrogen (secondary N) is 1.